The molecule has 1 unspecified atom stereocenters. The molecule has 4 rings (SSSR count). The van der Waals surface area contributed by atoms with Crippen LogP contribution in [0, 0.1) is 12.8 Å². The number of alkyl halides is 2. The Morgan fingerprint density at radius 1 is 1.22 bits per heavy atom. The minimum atomic E-state index is -1.35. The molecule has 170 valence electrons. The van der Waals surface area contributed by atoms with Gasteiger partial charge in [0.15, 0.2) is 6.17 Å². The lowest BCUT2D eigenvalue weighted by atomic mass is 10.0. The van der Waals surface area contributed by atoms with Crippen molar-refractivity contribution in [3.63, 3.8) is 0 Å². The van der Waals surface area contributed by atoms with Crippen LogP contribution in [-0.2, 0) is 9.59 Å². The Labute approximate surface area is 184 Å². The second-order valence-corrected chi connectivity index (χ2v) is 8.22. The Bertz CT molecular complexity index is 1020. The van der Waals surface area contributed by atoms with E-state index < -0.39 is 36.9 Å². The number of benzene rings is 1. The van der Waals surface area contributed by atoms with Crippen LogP contribution in [-0.4, -0.2) is 64.9 Å². The number of anilines is 1. The van der Waals surface area contributed by atoms with Gasteiger partial charge in [0.25, 0.3) is 0 Å². The first-order valence-electron chi connectivity index (χ1n) is 10.6. The molecule has 2 aromatic rings. The monoisotopic (exact) mass is 445 g/mol. The van der Waals surface area contributed by atoms with Crippen LogP contribution in [0.1, 0.15) is 18.4 Å². The highest BCUT2D eigenvalue weighted by molar-refractivity contribution is 5.94. The Morgan fingerprint density at radius 2 is 1.97 bits per heavy atom. The van der Waals surface area contributed by atoms with Crippen molar-refractivity contribution in [3.8, 4) is 16.9 Å². The number of pyridine rings is 1. The summed E-state index contributed by atoms with van der Waals surface area (Å²) in [6.45, 7) is 1.46. The van der Waals surface area contributed by atoms with Crippen LogP contribution in [0.25, 0.3) is 11.1 Å². The fourth-order valence-corrected chi connectivity index (χ4v) is 3.80. The van der Waals surface area contributed by atoms with E-state index in [2.05, 4.69) is 10.3 Å². The first-order valence-corrected chi connectivity index (χ1v) is 10.6. The summed E-state index contributed by atoms with van der Waals surface area (Å²) in [7, 11) is 0. The van der Waals surface area contributed by atoms with Crippen molar-refractivity contribution in [2.24, 2.45) is 5.92 Å². The summed E-state index contributed by atoms with van der Waals surface area (Å²) in [6, 6.07) is 9.00. The highest BCUT2D eigenvalue weighted by atomic mass is 19.1. The molecule has 1 aromatic carbocycles. The van der Waals surface area contributed by atoms with Gasteiger partial charge < -0.3 is 20.1 Å². The molecule has 1 aromatic heterocycles. The summed E-state index contributed by atoms with van der Waals surface area (Å²) < 4.78 is 33.5. The van der Waals surface area contributed by atoms with Gasteiger partial charge in [0.1, 0.15) is 30.4 Å². The van der Waals surface area contributed by atoms with E-state index in [0.29, 0.717) is 24.5 Å². The number of amides is 2. The zero-order chi connectivity index (χ0) is 22.8. The van der Waals surface area contributed by atoms with Gasteiger partial charge in [-0.25, -0.2) is 13.8 Å². The average molecular weight is 445 g/mol. The van der Waals surface area contributed by atoms with E-state index in [1.165, 1.54) is 4.90 Å². The molecule has 2 aliphatic rings. The van der Waals surface area contributed by atoms with E-state index in [1.54, 1.807) is 24.4 Å². The zero-order valence-corrected chi connectivity index (χ0v) is 17.6. The number of carbonyl (C=O) groups is 2. The predicted molar refractivity (Wildman–Crippen MR) is 114 cm³/mol. The Morgan fingerprint density at radius 3 is 2.62 bits per heavy atom. The maximum absolute atomic E-state index is 14.5. The lowest BCUT2D eigenvalue weighted by Crippen LogP contribution is -2.50. The molecule has 2 N–H and O–H groups in total. The third-order valence-electron chi connectivity index (χ3n) is 5.82. The number of aryl methyl sites for hydroxylation is 1. The van der Waals surface area contributed by atoms with Crippen LogP contribution in [0.5, 0.6) is 5.75 Å². The fraction of sp³-hybridized carbons (Fsp3) is 0.435. The third-order valence-corrected chi connectivity index (χ3v) is 5.82. The van der Waals surface area contributed by atoms with Gasteiger partial charge in [-0.3, -0.25) is 9.59 Å². The average Bonchev–Trinajstić information content (AvgIpc) is 3.52. The van der Waals surface area contributed by atoms with E-state index in [4.69, 9.17) is 9.84 Å². The van der Waals surface area contributed by atoms with Crippen LogP contribution in [0.15, 0.2) is 36.5 Å². The Balaban J connectivity index is 1.42. The molecule has 1 saturated carbocycles. The van der Waals surface area contributed by atoms with Crippen molar-refractivity contribution in [2.45, 2.75) is 38.2 Å². The predicted octanol–water partition coefficient (Wildman–Crippen LogP) is 2.66. The molecule has 1 aliphatic carbocycles. The fourth-order valence-electron chi connectivity index (χ4n) is 3.80. The van der Waals surface area contributed by atoms with Crippen LogP contribution < -0.4 is 10.1 Å². The van der Waals surface area contributed by atoms with Gasteiger partial charge >= 0.3 is 0 Å². The van der Waals surface area contributed by atoms with Gasteiger partial charge in [-0.15, -0.1) is 0 Å². The summed E-state index contributed by atoms with van der Waals surface area (Å²) in [5.41, 5.74) is 2.49. The van der Waals surface area contributed by atoms with Crippen molar-refractivity contribution < 1.29 is 28.2 Å². The molecule has 9 heteroatoms. The second-order valence-electron chi connectivity index (χ2n) is 8.22. The quantitative estimate of drug-likeness (QED) is 0.713. The number of aliphatic hydroxyl groups is 1. The lowest BCUT2D eigenvalue weighted by Gasteiger charge is -2.34. The van der Waals surface area contributed by atoms with Crippen molar-refractivity contribution in [2.75, 3.05) is 25.0 Å². The summed E-state index contributed by atoms with van der Waals surface area (Å²) in [5, 5.41) is 11.6. The summed E-state index contributed by atoms with van der Waals surface area (Å²) in [5.74, 6) is -0.537. The van der Waals surface area contributed by atoms with Gasteiger partial charge in [-0.1, -0.05) is 6.07 Å². The van der Waals surface area contributed by atoms with E-state index in [0.717, 1.165) is 16.7 Å². The van der Waals surface area contributed by atoms with E-state index in [1.807, 2.05) is 19.1 Å². The SMILES string of the molecule is Cc1cc(-c2ccnc(NC(=O)C3C[C@@H]3F)c2)ccc1O[C@H]1CCN(C(=O)CO)C[C@H]1F. The number of nitrogens with one attached hydrogen (secondary N) is 1. The summed E-state index contributed by atoms with van der Waals surface area (Å²) in [4.78, 5) is 28.9. The standard InChI is InChI=1S/C23H25F2N3O4/c1-13-8-14(15-4-6-26-21(9-15)27-23(31)16-10-17(16)24)2-3-19(13)32-20-5-7-28(11-18(20)25)22(30)12-29/h2-4,6,8-9,16-18,20,29H,5,7,10-12H2,1H3,(H,26,27,31)/t16?,17-,18+,20-/m0/s1. The van der Waals surface area contributed by atoms with Crippen molar-refractivity contribution in [1.82, 2.24) is 9.88 Å². The number of aromatic nitrogens is 1. The minimum Gasteiger partial charge on any atom is -0.487 e. The number of nitrogens with zero attached hydrogens (tertiary/aromatic N) is 2. The highest BCUT2D eigenvalue weighted by Gasteiger charge is 2.43. The molecule has 2 heterocycles. The number of likely N-dealkylation sites (tertiary alicyclic amines) is 1. The molecule has 0 bridgehead atoms. The van der Waals surface area contributed by atoms with Gasteiger partial charge in [0.05, 0.1) is 12.5 Å². The van der Waals surface area contributed by atoms with Gasteiger partial charge in [-0.05, 0) is 54.3 Å². The van der Waals surface area contributed by atoms with Gasteiger partial charge in [0, 0.05) is 19.2 Å². The maximum Gasteiger partial charge on any atom is 0.248 e. The highest BCUT2D eigenvalue weighted by Crippen LogP contribution is 2.35. The number of hydrogen-bond donors (Lipinski definition) is 2. The maximum atomic E-state index is 14.5. The summed E-state index contributed by atoms with van der Waals surface area (Å²) in [6.07, 6.45) is -0.934. The van der Waals surface area contributed by atoms with Crippen LogP contribution >= 0.6 is 0 Å². The molecule has 2 fully saturated rings. The topological polar surface area (TPSA) is 91.8 Å². The van der Waals surface area contributed by atoms with E-state index in [9.17, 15) is 18.4 Å². The number of ether oxygens (including phenoxy) is 1. The Kier molecular flexibility index (Phi) is 6.36. The van der Waals surface area contributed by atoms with Gasteiger partial charge in [0.2, 0.25) is 11.8 Å². The van der Waals surface area contributed by atoms with Crippen LogP contribution in [0.3, 0.4) is 0 Å². The van der Waals surface area contributed by atoms with Gasteiger partial charge in [-0.2, -0.15) is 0 Å². The molecule has 1 aliphatic heterocycles. The molecular formula is C23H25F2N3O4. The number of carbonyl (C=O) groups excluding carboxylic acids is 2. The lowest BCUT2D eigenvalue weighted by molar-refractivity contribution is -0.138. The van der Waals surface area contributed by atoms with E-state index >= 15 is 0 Å². The molecule has 1 saturated heterocycles. The number of piperidine rings is 1. The number of hydrogen-bond acceptors (Lipinski definition) is 5. The number of rotatable bonds is 6. The molecule has 0 radical (unpaired) electrons. The minimum absolute atomic E-state index is 0.100. The molecule has 4 atom stereocenters. The summed E-state index contributed by atoms with van der Waals surface area (Å²) >= 11 is 0. The molecule has 32 heavy (non-hydrogen) atoms. The molecule has 0 spiro atoms. The molecular weight excluding hydrogens is 420 g/mol. The van der Waals surface area contributed by atoms with Crippen molar-refractivity contribution >= 4 is 17.6 Å². The normalized spacial score (nSPS) is 24.7. The van der Waals surface area contributed by atoms with Crippen LogP contribution in [0.4, 0.5) is 14.6 Å². The number of aliphatic hydroxyl groups excluding tert-OH is 1. The molecule has 2 amide bonds. The van der Waals surface area contributed by atoms with Crippen molar-refractivity contribution in [3.05, 3.63) is 42.1 Å². The third kappa shape index (κ3) is 4.88. The smallest absolute Gasteiger partial charge is 0.248 e. The Hall–Kier alpha value is -3.07. The largest absolute Gasteiger partial charge is 0.487 e. The first-order chi connectivity index (χ1) is 15.4. The van der Waals surface area contributed by atoms with E-state index in [-0.39, 0.29) is 18.9 Å². The molecule has 7 nitrogen and oxygen atoms in total. The second kappa shape index (κ2) is 9.20. The van der Waals surface area contributed by atoms with Crippen LogP contribution in [0.2, 0.25) is 0 Å². The zero-order valence-electron chi connectivity index (χ0n) is 17.6. The van der Waals surface area contributed by atoms with Crippen molar-refractivity contribution in [1.29, 1.82) is 0 Å². The first kappa shape index (κ1) is 22.1. The number of halogens is 2.